The number of sulfonamides is 1. The van der Waals surface area contributed by atoms with Crippen LogP contribution in [0.25, 0.3) is 11.0 Å². The van der Waals surface area contributed by atoms with Crippen molar-refractivity contribution in [3.8, 4) is 0 Å². The number of hydrazone groups is 1. The average molecular weight is 442 g/mol. The Labute approximate surface area is 179 Å². The molecule has 0 fully saturated rings. The number of nitrogens with two attached hydrogens (primary N) is 1. The van der Waals surface area contributed by atoms with Crippen molar-refractivity contribution in [2.24, 2.45) is 5.10 Å². The first-order chi connectivity index (χ1) is 14.5. The van der Waals surface area contributed by atoms with E-state index < -0.39 is 21.7 Å². The van der Waals surface area contributed by atoms with Gasteiger partial charge in [0.15, 0.2) is 5.58 Å². The summed E-state index contributed by atoms with van der Waals surface area (Å²) in [6, 6.07) is 8.69. The van der Waals surface area contributed by atoms with Gasteiger partial charge in [-0.1, -0.05) is 18.2 Å². The minimum atomic E-state index is -4.37. The van der Waals surface area contributed by atoms with E-state index in [1.807, 2.05) is 4.72 Å². The lowest BCUT2D eigenvalue weighted by Gasteiger charge is -2.14. The largest absolute Gasteiger partial charge is 0.421 e. The molecule has 0 unspecified atom stereocenters. The highest BCUT2D eigenvalue weighted by Gasteiger charge is 2.26. The fourth-order valence-electron chi connectivity index (χ4n) is 3.35. The molecule has 9 nitrogen and oxygen atoms in total. The first-order valence-corrected chi connectivity index (χ1v) is 10.8. The Kier molecular flexibility index (Phi) is 5.85. The smallest absolute Gasteiger partial charge is 0.349 e. The minimum Gasteiger partial charge on any atom is -0.421 e. The number of anilines is 1. The quantitative estimate of drug-likeness (QED) is 0.245. The summed E-state index contributed by atoms with van der Waals surface area (Å²) >= 11 is 0. The summed E-state index contributed by atoms with van der Waals surface area (Å²) in [4.78, 5) is 23.8. The lowest BCUT2D eigenvalue weighted by Crippen LogP contribution is -2.37. The Morgan fingerprint density at radius 2 is 1.65 bits per heavy atom. The Balaban J connectivity index is 1.93. The van der Waals surface area contributed by atoms with Crippen molar-refractivity contribution in [3.63, 3.8) is 0 Å². The van der Waals surface area contributed by atoms with Gasteiger partial charge >= 0.3 is 11.7 Å². The molecular formula is C21H22N4O5S. The van der Waals surface area contributed by atoms with Crippen molar-refractivity contribution in [2.45, 2.75) is 32.6 Å². The van der Waals surface area contributed by atoms with Gasteiger partial charge in [0.25, 0.3) is 10.0 Å². The van der Waals surface area contributed by atoms with E-state index in [0.717, 1.165) is 5.56 Å². The third kappa shape index (κ3) is 4.58. The molecule has 3 rings (SSSR count). The molecule has 1 aromatic heterocycles. The van der Waals surface area contributed by atoms with Gasteiger partial charge in [0, 0.05) is 17.1 Å². The van der Waals surface area contributed by atoms with Gasteiger partial charge in [0.05, 0.1) is 5.71 Å². The van der Waals surface area contributed by atoms with Crippen LogP contribution in [-0.4, -0.2) is 20.2 Å². The summed E-state index contributed by atoms with van der Waals surface area (Å²) in [6.45, 7) is 6.68. The van der Waals surface area contributed by atoms with Crippen LogP contribution in [0.2, 0.25) is 0 Å². The number of amides is 2. The second-order valence-corrected chi connectivity index (χ2v) is 8.78. The van der Waals surface area contributed by atoms with Gasteiger partial charge in [-0.3, -0.25) is 0 Å². The van der Waals surface area contributed by atoms with Crippen LogP contribution in [0.1, 0.15) is 29.2 Å². The predicted molar refractivity (Wildman–Crippen MR) is 119 cm³/mol. The summed E-state index contributed by atoms with van der Waals surface area (Å²) in [5.41, 5.74) is 10.4. The second-order valence-electron chi connectivity index (χ2n) is 7.16. The normalized spacial score (nSPS) is 12.1. The van der Waals surface area contributed by atoms with Crippen molar-refractivity contribution < 1.29 is 17.6 Å². The van der Waals surface area contributed by atoms with Gasteiger partial charge in [0.2, 0.25) is 0 Å². The van der Waals surface area contributed by atoms with Gasteiger partial charge in [-0.2, -0.15) is 5.10 Å². The van der Waals surface area contributed by atoms with Crippen LogP contribution in [-0.2, 0) is 10.0 Å². The first kappa shape index (κ1) is 22.0. The van der Waals surface area contributed by atoms with E-state index in [0.29, 0.717) is 33.5 Å². The Morgan fingerprint density at radius 1 is 1.03 bits per heavy atom. The number of benzene rings is 2. The summed E-state index contributed by atoms with van der Waals surface area (Å²) < 4.78 is 33.1. The molecule has 0 spiro atoms. The highest BCUT2D eigenvalue weighted by molar-refractivity contribution is 7.90. The number of urea groups is 1. The van der Waals surface area contributed by atoms with Gasteiger partial charge in [-0.15, -0.1) is 0 Å². The van der Waals surface area contributed by atoms with Gasteiger partial charge in [-0.25, -0.2) is 28.2 Å². The van der Waals surface area contributed by atoms with Crippen molar-refractivity contribution in [1.29, 1.82) is 0 Å². The van der Waals surface area contributed by atoms with Crippen molar-refractivity contribution >= 4 is 38.4 Å². The van der Waals surface area contributed by atoms with Crippen LogP contribution in [0.4, 0.5) is 10.5 Å². The standard InChI is InChI=1S/C21H22N4O5S/c1-11-9-13(3)20(19-18(11)12(2)10-17(26)30-19)31(28,29)25-21(27)24-23-14(4)15-5-7-16(22)8-6-15/h5-10H,22H2,1-4H3,(H2,24,25,27)/b23-14+. The van der Waals surface area contributed by atoms with Crippen LogP contribution in [0.15, 0.2) is 55.6 Å². The average Bonchev–Trinajstić information content (AvgIpc) is 2.65. The molecule has 0 bridgehead atoms. The third-order valence-electron chi connectivity index (χ3n) is 4.70. The Morgan fingerprint density at radius 3 is 2.29 bits per heavy atom. The minimum absolute atomic E-state index is 0.0932. The molecule has 31 heavy (non-hydrogen) atoms. The molecule has 10 heteroatoms. The van der Waals surface area contributed by atoms with E-state index in [-0.39, 0.29) is 10.5 Å². The van der Waals surface area contributed by atoms with Gasteiger partial charge in [0.1, 0.15) is 4.90 Å². The van der Waals surface area contributed by atoms with E-state index in [1.54, 1.807) is 58.0 Å². The number of carbonyl (C=O) groups excluding carboxylic acids is 1. The first-order valence-electron chi connectivity index (χ1n) is 9.27. The molecule has 1 heterocycles. The number of hydrogen-bond acceptors (Lipinski definition) is 7. The fourth-order valence-corrected chi connectivity index (χ4v) is 4.62. The van der Waals surface area contributed by atoms with E-state index in [4.69, 9.17) is 10.2 Å². The number of rotatable bonds is 4. The number of nitrogens with one attached hydrogen (secondary N) is 2. The molecule has 0 aliphatic rings. The number of aryl methyl sites for hydroxylation is 3. The number of nitrogens with zero attached hydrogens (tertiary/aromatic N) is 1. The van der Waals surface area contributed by atoms with Crippen LogP contribution >= 0.6 is 0 Å². The molecule has 3 aromatic rings. The molecule has 0 atom stereocenters. The highest BCUT2D eigenvalue weighted by atomic mass is 32.2. The third-order valence-corrected chi connectivity index (χ3v) is 6.20. The molecule has 0 aliphatic heterocycles. The summed E-state index contributed by atoms with van der Waals surface area (Å²) in [5.74, 6) is 0. The monoisotopic (exact) mass is 442 g/mol. The lowest BCUT2D eigenvalue weighted by atomic mass is 10.0. The van der Waals surface area contributed by atoms with Crippen LogP contribution in [0.3, 0.4) is 0 Å². The number of hydrogen-bond donors (Lipinski definition) is 3. The Hall–Kier alpha value is -3.66. The number of carbonyl (C=O) groups is 1. The zero-order valence-corrected chi connectivity index (χ0v) is 18.3. The summed E-state index contributed by atoms with van der Waals surface area (Å²) in [6.07, 6.45) is 0. The lowest BCUT2D eigenvalue weighted by molar-refractivity contribution is 0.246. The number of fused-ring (bicyclic) bond motifs is 1. The summed E-state index contributed by atoms with van der Waals surface area (Å²) in [7, 11) is -4.37. The van der Waals surface area contributed by atoms with E-state index in [2.05, 4.69) is 10.5 Å². The van der Waals surface area contributed by atoms with Crippen LogP contribution in [0, 0.1) is 20.8 Å². The fraction of sp³-hybridized carbons (Fsp3) is 0.190. The van der Waals surface area contributed by atoms with Crippen molar-refractivity contribution in [1.82, 2.24) is 10.1 Å². The zero-order chi connectivity index (χ0) is 22.9. The summed E-state index contributed by atoms with van der Waals surface area (Å²) in [5, 5.41) is 4.41. The molecular weight excluding hydrogens is 420 g/mol. The Bertz CT molecular complexity index is 1370. The van der Waals surface area contributed by atoms with Gasteiger partial charge in [-0.05, 0) is 62.1 Å². The molecule has 2 amide bonds. The topological polar surface area (TPSA) is 144 Å². The maximum Gasteiger partial charge on any atom is 0.349 e. The maximum atomic E-state index is 13.0. The van der Waals surface area contributed by atoms with E-state index >= 15 is 0 Å². The maximum absolute atomic E-state index is 13.0. The van der Waals surface area contributed by atoms with Crippen LogP contribution < -0.4 is 21.5 Å². The molecule has 0 saturated heterocycles. The second kappa shape index (κ2) is 8.23. The molecule has 0 aliphatic carbocycles. The van der Waals surface area contributed by atoms with Crippen molar-refractivity contribution in [3.05, 3.63) is 69.1 Å². The van der Waals surface area contributed by atoms with Crippen LogP contribution in [0.5, 0.6) is 0 Å². The molecule has 2 aromatic carbocycles. The molecule has 4 N–H and O–H groups in total. The highest BCUT2D eigenvalue weighted by Crippen LogP contribution is 2.30. The van der Waals surface area contributed by atoms with E-state index in [9.17, 15) is 18.0 Å². The molecule has 0 saturated carbocycles. The predicted octanol–water partition coefficient (Wildman–Crippen LogP) is 2.71. The van der Waals surface area contributed by atoms with Gasteiger partial charge < -0.3 is 10.2 Å². The molecule has 0 radical (unpaired) electrons. The SMILES string of the molecule is C/C(=N\NC(=O)NS(=O)(=O)c1c(C)cc(C)c2c(C)cc(=O)oc12)c1ccc(N)cc1. The molecule has 162 valence electrons. The van der Waals surface area contributed by atoms with E-state index in [1.165, 1.54) is 6.07 Å². The number of nitrogen functional groups attached to an aromatic ring is 1. The zero-order valence-electron chi connectivity index (χ0n) is 17.4. The van der Waals surface area contributed by atoms with Crippen molar-refractivity contribution in [2.75, 3.05) is 5.73 Å².